The van der Waals surface area contributed by atoms with Crippen molar-refractivity contribution in [3.63, 3.8) is 0 Å². The van der Waals surface area contributed by atoms with Gasteiger partial charge < -0.3 is 15.5 Å². The summed E-state index contributed by atoms with van der Waals surface area (Å²) in [5.41, 5.74) is 2.38. The third-order valence-electron chi connectivity index (χ3n) is 3.84. The number of aryl methyl sites for hydroxylation is 1. The second-order valence-electron chi connectivity index (χ2n) is 5.87. The number of benzene rings is 1. The maximum atomic E-state index is 12.6. The summed E-state index contributed by atoms with van der Waals surface area (Å²) in [7, 11) is 0. The van der Waals surface area contributed by atoms with Gasteiger partial charge in [-0.2, -0.15) is 5.10 Å². The highest BCUT2D eigenvalue weighted by molar-refractivity contribution is 5.95. The molecular weight excluding hydrogens is 290 g/mol. The first-order valence-electron chi connectivity index (χ1n) is 7.82. The molecule has 120 valence electrons. The van der Waals surface area contributed by atoms with Gasteiger partial charge in [0.15, 0.2) is 5.82 Å². The van der Waals surface area contributed by atoms with Crippen molar-refractivity contribution in [1.82, 2.24) is 20.4 Å². The molecule has 1 aliphatic heterocycles. The average molecular weight is 311 g/mol. The molecule has 2 N–H and O–H groups in total. The number of carbonyl (C=O) groups excluding carboxylic acids is 1. The van der Waals surface area contributed by atoms with E-state index in [0.717, 1.165) is 31.0 Å². The van der Waals surface area contributed by atoms with E-state index < -0.39 is 0 Å². The lowest BCUT2D eigenvalue weighted by atomic mass is 10.1. The van der Waals surface area contributed by atoms with Gasteiger partial charge in [-0.3, -0.25) is 4.79 Å². The number of hydrogen-bond donors (Lipinski definition) is 2. The summed E-state index contributed by atoms with van der Waals surface area (Å²) in [4.78, 5) is 14.5. The molecule has 3 rings (SSSR count). The number of aromatic nitrogens is 2. The molecule has 6 heteroatoms. The fourth-order valence-corrected chi connectivity index (χ4v) is 2.64. The zero-order valence-electron chi connectivity index (χ0n) is 13.4. The van der Waals surface area contributed by atoms with E-state index in [4.69, 9.17) is 0 Å². The third-order valence-corrected chi connectivity index (χ3v) is 3.84. The Bertz CT molecular complexity index is 686. The van der Waals surface area contributed by atoms with Gasteiger partial charge in [-0.1, -0.05) is 6.07 Å². The Kier molecular flexibility index (Phi) is 4.52. The van der Waals surface area contributed by atoms with Crippen molar-refractivity contribution in [3.05, 3.63) is 47.7 Å². The molecule has 6 nitrogen and oxygen atoms in total. The molecule has 1 fully saturated rings. The summed E-state index contributed by atoms with van der Waals surface area (Å²) >= 11 is 0. The highest BCUT2D eigenvalue weighted by atomic mass is 16.2. The Morgan fingerprint density at radius 2 is 2.17 bits per heavy atom. The van der Waals surface area contributed by atoms with Gasteiger partial charge in [-0.25, -0.2) is 0 Å². The number of rotatable bonds is 3. The quantitative estimate of drug-likeness (QED) is 0.907. The number of hydrogen-bond acceptors (Lipinski definition) is 5. The summed E-state index contributed by atoms with van der Waals surface area (Å²) in [6.07, 6.45) is 0. The van der Waals surface area contributed by atoms with E-state index in [1.165, 1.54) is 0 Å². The number of anilines is 2. The predicted molar refractivity (Wildman–Crippen MR) is 89.9 cm³/mol. The minimum Gasteiger partial charge on any atom is -0.339 e. The van der Waals surface area contributed by atoms with Gasteiger partial charge in [0.1, 0.15) is 0 Å². The van der Waals surface area contributed by atoms with Crippen LogP contribution in [0.5, 0.6) is 0 Å². The normalized spacial score (nSPS) is 17.8. The first-order chi connectivity index (χ1) is 11.1. The molecular formula is C17H21N5O. The monoisotopic (exact) mass is 311 g/mol. The van der Waals surface area contributed by atoms with E-state index in [-0.39, 0.29) is 5.91 Å². The zero-order valence-corrected chi connectivity index (χ0v) is 13.4. The van der Waals surface area contributed by atoms with E-state index in [1.54, 1.807) is 0 Å². The van der Waals surface area contributed by atoms with Gasteiger partial charge in [-0.05, 0) is 44.2 Å². The van der Waals surface area contributed by atoms with Crippen LogP contribution in [0.25, 0.3) is 0 Å². The summed E-state index contributed by atoms with van der Waals surface area (Å²) in [5, 5.41) is 14.6. The van der Waals surface area contributed by atoms with Gasteiger partial charge in [0.05, 0.1) is 5.69 Å². The molecule has 0 spiro atoms. The molecule has 0 saturated carbocycles. The Hall–Kier alpha value is -2.47. The molecule has 1 aliphatic rings. The number of carbonyl (C=O) groups is 1. The van der Waals surface area contributed by atoms with Crippen LogP contribution in [0, 0.1) is 6.92 Å². The minimum absolute atomic E-state index is 0.0667. The molecule has 0 radical (unpaired) electrons. The van der Waals surface area contributed by atoms with Crippen LogP contribution >= 0.6 is 0 Å². The molecule has 0 bridgehead atoms. The molecule has 1 aromatic heterocycles. The van der Waals surface area contributed by atoms with E-state index in [1.807, 2.05) is 48.2 Å². The SMILES string of the molecule is Cc1ccc(Nc2cccc(C(=O)N3CCN[C@@H](C)C3)c2)nn1. The van der Waals surface area contributed by atoms with Crippen molar-refractivity contribution in [2.24, 2.45) is 0 Å². The predicted octanol–water partition coefficient (Wildman–Crippen LogP) is 1.96. The van der Waals surface area contributed by atoms with Gasteiger partial charge in [0.2, 0.25) is 0 Å². The highest BCUT2D eigenvalue weighted by Gasteiger charge is 2.21. The van der Waals surface area contributed by atoms with Crippen LogP contribution in [0.4, 0.5) is 11.5 Å². The molecule has 1 amide bonds. The Morgan fingerprint density at radius 1 is 1.30 bits per heavy atom. The summed E-state index contributed by atoms with van der Waals surface area (Å²) < 4.78 is 0. The van der Waals surface area contributed by atoms with Crippen molar-refractivity contribution in [2.45, 2.75) is 19.9 Å². The van der Waals surface area contributed by atoms with E-state index in [9.17, 15) is 4.79 Å². The molecule has 1 saturated heterocycles. The highest BCUT2D eigenvalue weighted by Crippen LogP contribution is 2.17. The van der Waals surface area contributed by atoms with Gasteiger partial charge in [-0.15, -0.1) is 5.10 Å². The smallest absolute Gasteiger partial charge is 0.254 e. The Balaban J connectivity index is 1.74. The van der Waals surface area contributed by atoms with Crippen LogP contribution in [0.15, 0.2) is 36.4 Å². The number of nitrogens with zero attached hydrogens (tertiary/aromatic N) is 3. The lowest BCUT2D eigenvalue weighted by Gasteiger charge is -2.32. The number of nitrogens with one attached hydrogen (secondary N) is 2. The first-order valence-corrected chi connectivity index (χ1v) is 7.82. The summed E-state index contributed by atoms with van der Waals surface area (Å²) in [6, 6.07) is 11.6. The topological polar surface area (TPSA) is 70.2 Å². The standard InChI is InChI=1S/C17H21N5O/c1-12-6-7-16(21-20-12)19-15-5-3-4-14(10-15)17(23)22-9-8-18-13(2)11-22/h3-7,10,13,18H,8-9,11H2,1-2H3,(H,19,21)/t13-/m0/s1. The van der Waals surface area contributed by atoms with Gasteiger partial charge in [0.25, 0.3) is 5.91 Å². The summed E-state index contributed by atoms with van der Waals surface area (Å²) in [5.74, 6) is 0.730. The van der Waals surface area contributed by atoms with Crippen LogP contribution in [-0.4, -0.2) is 46.7 Å². The van der Waals surface area contributed by atoms with Gasteiger partial charge >= 0.3 is 0 Å². The maximum absolute atomic E-state index is 12.6. The van der Waals surface area contributed by atoms with E-state index >= 15 is 0 Å². The molecule has 1 aromatic carbocycles. The maximum Gasteiger partial charge on any atom is 0.254 e. The van der Waals surface area contributed by atoms with Crippen LogP contribution in [0.2, 0.25) is 0 Å². The van der Waals surface area contributed by atoms with Crippen LogP contribution in [0.3, 0.4) is 0 Å². The molecule has 0 unspecified atom stereocenters. The molecule has 0 aliphatic carbocycles. The second kappa shape index (κ2) is 6.75. The van der Waals surface area contributed by atoms with E-state index in [0.29, 0.717) is 17.4 Å². The third kappa shape index (κ3) is 3.84. The lowest BCUT2D eigenvalue weighted by molar-refractivity contribution is 0.0709. The van der Waals surface area contributed by atoms with Crippen LogP contribution < -0.4 is 10.6 Å². The summed E-state index contributed by atoms with van der Waals surface area (Å²) in [6.45, 7) is 6.30. The fourth-order valence-electron chi connectivity index (χ4n) is 2.64. The van der Waals surface area contributed by atoms with Crippen molar-refractivity contribution >= 4 is 17.4 Å². The van der Waals surface area contributed by atoms with Crippen molar-refractivity contribution < 1.29 is 4.79 Å². The van der Waals surface area contributed by atoms with Crippen molar-refractivity contribution in [1.29, 1.82) is 0 Å². The average Bonchev–Trinajstić information content (AvgIpc) is 2.56. The first kappa shape index (κ1) is 15.4. The Morgan fingerprint density at radius 3 is 2.91 bits per heavy atom. The van der Waals surface area contributed by atoms with Crippen LogP contribution in [0.1, 0.15) is 23.0 Å². The van der Waals surface area contributed by atoms with Crippen molar-refractivity contribution in [2.75, 3.05) is 25.0 Å². The molecule has 23 heavy (non-hydrogen) atoms. The van der Waals surface area contributed by atoms with Crippen LogP contribution in [-0.2, 0) is 0 Å². The molecule has 1 atom stereocenters. The number of amides is 1. The zero-order chi connectivity index (χ0) is 16.2. The fraction of sp³-hybridized carbons (Fsp3) is 0.353. The van der Waals surface area contributed by atoms with Crippen molar-refractivity contribution in [3.8, 4) is 0 Å². The Labute approximate surface area is 135 Å². The van der Waals surface area contributed by atoms with Gasteiger partial charge in [0, 0.05) is 36.9 Å². The minimum atomic E-state index is 0.0667. The largest absolute Gasteiger partial charge is 0.339 e. The van der Waals surface area contributed by atoms with E-state index in [2.05, 4.69) is 27.8 Å². The number of piperazine rings is 1. The molecule has 2 aromatic rings. The lowest BCUT2D eigenvalue weighted by Crippen LogP contribution is -2.51. The molecule has 2 heterocycles. The second-order valence-corrected chi connectivity index (χ2v) is 5.87.